The molecule has 0 aromatic carbocycles. The third kappa shape index (κ3) is 5.13. The summed E-state index contributed by atoms with van der Waals surface area (Å²) in [5.41, 5.74) is 2.43. The highest BCUT2D eigenvalue weighted by atomic mass is 16.6. The van der Waals surface area contributed by atoms with E-state index in [9.17, 15) is 4.79 Å². The van der Waals surface area contributed by atoms with Crippen LogP contribution in [-0.2, 0) is 9.63 Å². The first-order valence-electron chi connectivity index (χ1n) is 4.49. The maximum absolute atomic E-state index is 11.1. The van der Waals surface area contributed by atoms with E-state index in [-0.39, 0.29) is 11.8 Å². The molecule has 0 heterocycles. The van der Waals surface area contributed by atoms with Crippen molar-refractivity contribution in [2.24, 2.45) is 11.8 Å². The van der Waals surface area contributed by atoms with Crippen LogP contribution in [0, 0.1) is 11.8 Å². The van der Waals surface area contributed by atoms with E-state index in [0.29, 0.717) is 12.5 Å². The SMILES string of the molecule is CCC(C)C(=O)NOCC(C)C. The van der Waals surface area contributed by atoms with E-state index in [4.69, 9.17) is 4.84 Å². The smallest absolute Gasteiger partial charge is 0.246 e. The molecule has 1 atom stereocenters. The number of hydrogen-bond acceptors (Lipinski definition) is 2. The Morgan fingerprint density at radius 1 is 1.42 bits per heavy atom. The monoisotopic (exact) mass is 173 g/mol. The van der Waals surface area contributed by atoms with Gasteiger partial charge in [0.2, 0.25) is 5.91 Å². The van der Waals surface area contributed by atoms with Gasteiger partial charge in [0.1, 0.15) is 0 Å². The summed E-state index contributed by atoms with van der Waals surface area (Å²) in [6.45, 7) is 8.51. The van der Waals surface area contributed by atoms with Gasteiger partial charge >= 0.3 is 0 Å². The second-order valence-electron chi connectivity index (χ2n) is 3.48. The average molecular weight is 173 g/mol. The molecule has 0 saturated carbocycles. The van der Waals surface area contributed by atoms with E-state index in [0.717, 1.165) is 6.42 Å². The highest BCUT2D eigenvalue weighted by Crippen LogP contribution is 1.99. The van der Waals surface area contributed by atoms with Crippen molar-refractivity contribution in [3.8, 4) is 0 Å². The fourth-order valence-electron chi connectivity index (χ4n) is 0.565. The Hall–Kier alpha value is -0.570. The van der Waals surface area contributed by atoms with Gasteiger partial charge in [0.25, 0.3) is 0 Å². The molecule has 72 valence electrons. The van der Waals surface area contributed by atoms with Crippen LogP contribution in [0.3, 0.4) is 0 Å². The molecular formula is C9H19NO2. The van der Waals surface area contributed by atoms with Crippen LogP contribution in [0.2, 0.25) is 0 Å². The van der Waals surface area contributed by atoms with Gasteiger partial charge in [0.15, 0.2) is 0 Å². The molecule has 0 rings (SSSR count). The van der Waals surface area contributed by atoms with Crippen LogP contribution < -0.4 is 5.48 Å². The molecular weight excluding hydrogens is 154 g/mol. The van der Waals surface area contributed by atoms with Crippen LogP contribution in [0.1, 0.15) is 34.1 Å². The van der Waals surface area contributed by atoms with Crippen molar-refractivity contribution in [1.82, 2.24) is 5.48 Å². The number of hydrogen-bond donors (Lipinski definition) is 1. The largest absolute Gasteiger partial charge is 0.273 e. The van der Waals surface area contributed by atoms with Crippen molar-refractivity contribution in [3.05, 3.63) is 0 Å². The van der Waals surface area contributed by atoms with E-state index in [1.807, 2.05) is 27.7 Å². The summed E-state index contributed by atoms with van der Waals surface area (Å²) in [4.78, 5) is 16.1. The van der Waals surface area contributed by atoms with Gasteiger partial charge in [-0.25, -0.2) is 5.48 Å². The van der Waals surface area contributed by atoms with Gasteiger partial charge in [-0.2, -0.15) is 0 Å². The highest BCUT2D eigenvalue weighted by Gasteiger charge is 2.09. The van der Waals surface area contributed by atoms with Crippen LogP contribution >= 0.6 is 0 Å². The maximum atomic E-state index is 11.1. The third-order valence-corrected chi connectivity index (χ3v) is 1.65. The number of rotatable bonds is 5. The van der Waals surface area contributed by atoms with E-state index < -0.39 is 0 Å². The fraction of sp³-hybridized carbons (Fsp3) is 0.889. The molecule has 0 spiro atoms. The van der Waals surface area contributed by atoms with E-state index in [2.05, 4.69) is 5.48 Å². The standard InChI is InChI=1S/C9H19NO2/c1-5-8(4)9(11)10-12-6-7(2)3/h7-8H,5-6H2,1-4H3,(H,10,11). The molecule has 0 aliphatic carbocycles. The molecule has 12 heavy (non-hydrogen) atoms. The summed E-state index contributed by atoms with van der Waals surface area (Å²) in [5, 5.41) is 0. The van der Waals surface area contributed by atoms with Crippen molar-refractivity contribution in [2.75, 3.05) is 6.61 Å². The van der Waals surface area contributed by atoms with Crippen LogP contribution in [0.15, 0.2) is 0 Å². The predicted molar refractivity (Wildman–Crippen MR) is 48.4 cm³/mol. The van der Waals surface area contributed by atoms with Gasteiger partial charge in [-0.05, 0) is 12.3 Å². The first kappa shape index (κ1) is 11.4. The Labute approximate surface area is 74.4 Å². The van der Waals surface area contributed by atoms with Crippen molar-refractivity contribution in [1.29, 1.82) is 0 Å². The van der Waals surface area contributed by atoms with Crippen LogP contribution in [0.5, 0.6) is 0 Å². The van der Waals surface area contributed by atoms with Crippen molar-refractivity contribution >= 4 is 5.91 Å². The topological polar surface area (TPSA) is 38.3 Å². The van der Waals surface area contributed by atoms with E-state index in [1.165, 1.54) is 0 Å². The van der Waals surface area contributed by atoms with Crippen LogP contribution in [0.25, 0.3) is 0 Å². The number of nitrogens with one attached hydrogen (secondary N) is 1. The Morgan fingerprint density at radius 2 is 2.00 bits per heavy atom. The van der Waals surface area contributed by atoms with Crippen molar-refractivity contribution < 1.29 is 9.63 Å². The van der Waals surface area contributed by atoms with Crippen LogP contribution in [0.4, 0.5) is 0 Å². The molecule has 0 fully saturated rings. The molecule has 1 amide bonds. The molecule has 0 aromatic heterocycles. The number of carbonyl (C=O) groups excluding carboxylic acids is 1. The normalized spacial score (nSPS) is 13.1. The Kier molecular flexibility index (Phi) is 5.72. The summed E-state index contributed by atoms with van der Waals surface area (Å²) in [5.74, 6) is 0.456. The lowest BCUT2D eigenvalue weighted by Gasteiger charge is -2.10. The predicted octanol–water partition coefficient (Wildman–Crippen LogP) is 1.74. The molecule has 3 nitrogen and oxygen atoms in total. The molecule has 0 aromatic rings. The zero-order valence-corrected chi connectivity index (χ0v) is 8.39. The second-order valence-corrected chi connectivity index (χ2v) is 3.48. The quantitative estimate of drug-likeness (QED) is 0.643. The molecule has 0 radical (unpaired) electrons. The summed E-state index contributed by atoms with van der Waals surface area (Å²) < 4.78 is 0. The molecule has 1 N–H and O–H groups in total. The summed E-state index contributed by atoms with van der Waals surface area (Å²) in [7, 11) is 0. The zero-order chi connectivity index (χ0) is 9.56. The van der Waals surface area contributed by atoms with E-state index in [1.54, 1.807) is 0 Å². The van der Waals surface area contributed by atoms with E-state index >= 15 is 0 Å². The lowest BCUT2D eigenvalue weighted by atomic mass is 10.1. The molecule has 1 unspecified atom stereocenters. The average Bonchev–Trinajstić information content (AvgIpc) is 2.02. The Balaban J connectivity index is 3.44. The molecule has 0 aliphatic heterocycles. The number of hydroxylamine groups is 1. The number of carbonyl (C=O) groups is 1. The summed E-state index contributed by atoms with van der Waals surface area (Å²) >= 11 is 0. The maximum Gasteiger partial charge on any atom is 0.246 e. The Bertz CT molecular complexity index is 134. The van der Waals surface area contributed by atoms with Crippen molar-refractivity contribution in [3.63, 3.8) is 0 Å². The van der Waals surface area contributed by atoms with Gasteiger partial charge in [0, 0.05) is 5.92 Å². The lowest BCUT2D eigenvalue weighted by molar-refractivity contribution is -0.138. The minimum Gasteiger partial charge on any atom is -0.273 e. The number of amides is 1. The highest BCUT2D eigenvalue weighted by molar-refractivity contribution is 5.77. The van der Waals surface area contributed by atoms with Gasteiger partial charge in [0.05, 0.1) is 6.61 Å². The van der Waals surface area contributed by atoms with Gasteiger partial charge in [-0.3, -0.25) is 9.63 Å². The Morgan fingerprint density at radius 3 is 2.42 bits per heavy atom. The molecule has 3 heteroatoms. The third-order valence-electron chi connectivity index (χ3n) is 1.65. The van der Waals surface area contributed by atoms with Crippen LogP contribution in [-0.4, -0.2) is 12.5 Å². The lowest BCUT2D eigenvalue weighted by Crippen LogP contribution is -2.30. The van der Waals surface area contributed by atoms with Gasteiger partial charge < -0.3 is 0 Å². The minimum absolute atomic E-state index is 0.0295. The first-order chi connectivity index (χ1) is 5.57. The van der Waals surface area contributed by atoms with Crippen molar-refractivity contribution in [2.45, 2.75) is 34.1 Å². The summed E-state index contributed by atoms with van der Waals surface area (Å²) in [6, 6.07) is 0. The molecule has 0 aliphatic rings. The van der Waals surface area contributed by atoms with Gasteiger partial charge in [-0.1, -0.05) is 27.7 Å². The minimum atomic E-state index is -0.0295. The van der Waals surface area contributed by atoms with Gasteiger partial charge in [-0.15, -0.1) is 0 Å². The molecule has 0 saturated heterocycles. The molecule has 0 bridgehead atoms. The summed E-state index contributed by atoms with van der Waals surface area (Å²) in [6.07, 6.45) is 0.844. The zero-order valence-electron chi connectivity index (χ0n) is 8.39. The second kappa shape index (κ2) is 6.00. The first-order valence-corrected chi connectivity index (χ1v) is 4.49. The fourth-order valence-corrected chi connectivity index (χ4v) is 0.565.